The van der Waals surface area contributed by atoms with E-state index in [4.69, 9.17) is 4.74 Å². The first-order chi connectivity index (χ1) is 20.2. The zero-order valence-corrected chi connectivity index (χ0v) is 23.5. The Morgan fingerprint density at radius 1 is 1.10 bits per heavy atom. The monoisotopic (exact) mass is 579 g/mol. The maximum Gasteiger partial charge on any atom is 0.319 e. The quantitative estimate of drug-likeness (QED) is 0.335. The number of halogens is 3. The zero-order valence-electron chi connectivity index (χ0n) is 23.5. The second-order valence-electron chi connectivity index (χ2n) is 11.8. The summed E-state index contributed by atoms with van der Waals surface area (Å²) in [4.78, 5) is 17.7. The Bertz CT molecular complexity index is 1730. The van der Waals surface area contributed by atoms with E-state index in [1.807, 2.05) is 11.8 Å². The van der Waals surface area contributed by atoms with Crippen LogP contribution in [0, 0.1) is 18.6 Å². The number of hydrogen-bond acceptors (Lipinski definition) is 8. The molecule has 2 aromatic carbocycles. The molecule has 8 nitrogen and oxygen atoms in total. The summed E-state index contributed by atoms with van der Waals surface area (Å²) in [6, 6.07) is 5.76. The first-order valence-electron chi connectivity index (χ1n) is 14.4. The Labute approximate surface area is 240 Å². The molecule has 3 aliphatic rings. The topological polar surface area (TPSA) is 94.8 Å². The van der Waals surface area contributed by atoms with Gasteiger partial charge in [0.1, 0.15) is 41.4 Å². The molecule has 0 radical (unpaired) electrons. The molecule has 2 N–H and O–H groups in total. The van der Waals surface area contributed by atoms with Crippen LogP contribution in [0.3, 0.4) is 0 Å². The van der Waals surface area contributed by atoms with Gasteiger partial charge in [-0.15, -0.1) is 0 Å². The minimum absolute atomic E-state index is 0.0274. The van der Waals surface area contributed by atoms with E-state index in [1.54, 1.807) is 13.0 Å². The van der Waals surface area contributed by atoms with E-state index in [0.717, 1.165) is 19.4 Å². The second-order valence-corrected chi connectivity index (χ2v) is 11.8. The van der Waals surface area contributed by atoms with E-state index >= 15 is 4.39 Å². The van der Waals surface area contributed by atoms with Gasteiger partial charge in [-0.1, -0.05) is 13.0 Å². The van der Waals surface area contributed by atoms with Crippen molar-refractivity contribution < 1.29 is 28.1 Å². The number of aryl methyl sites for hydroxylation is 2. The number of fused-ring (bicyclic) bond motifs is 3. The fraction of sp³-hybridized carbons (Fsp3) is 0.452. The van der Waals surface area contributed by atoms with E-state index in [1.165, 1.54) is 18.2 Å². The van der Waals surface area contributed by atoms with Gasteiger partial charge in [-0.25, -0.2) is 18.2 Å². The number of phenols is 1. The first kappa shape index (κ1) is 27.2. The molecule has 220 valence electrons. The summed E-state index contributed by atoms with van der Waals surface area (Å²) in [6.07, 6.45) is 1.02. The van der Waals surface area contributed by atoms with Crippen molar-refractivity contribution in [1.29, 1.82) is 0 Å². The third kappa shape index (κ3) is 4.24. The van der Waals surface area contributed by atoms with Gasteiger partial charge in [0.25, 0.3) is 0 Å². The fourth-order valence-electron chi connectivity index (χ4n) is 7.09. The number of rotatable bonds is 6. The lowest BCUT2D eigenvalue weighted by Gasteiger charge is -2.37. The van der Waals surface area contributed by atoms with Crippen molar-refractivity contribution in [3.63, 3.8) is 0 Å². The maximum absolute atomic E-state index is 16.6. The number of pyridine rings is 1. The number of β-amino-alcohol motifs (C(OH)–C–C–N with tert-alkyl or cyclic N) is 1. The predicted molar refractivity (Wildman–Crippen MR) is 153 cm³/mol. The molecule has 0 unspecified atom stereocenters. The molecule has 11 heteroatoms. The Hall–Kier alpha value is -3.70. The average Bonchev–Trinajstić information content (AvgIpc) is 3.47. The molecular formula is C31H32F3N5O3. The van der Waals surface area contributed by atoms with Crippen molar-refractivity contribution in [3.05, 3.63) is 47.2 Å². The van der Waals surface area contributed by atoms with Crippen LogP contribution in [-0.4, -0.2) is 80.7 Å². The van der Waals surface area contributed by atoms with Crippen LogP contribution in [0.5, 0.6) is 11.8 Å². The molecule has 7 rings (SSSR count). The molecule has 0 spiro atoms. The number of aliphatic hydroxyl groups excluding tert-OH is 1. The minimum Gasteiger partial charge on any atom is -0.508 e. The molecule has 0 bridgehead atoms. The van der Waals surface area contributed by atoms with Crippen LogP contribution in [0.2, 0.25) is 0 Å². The number of aliphatic hydroxyl groups is 1. The van der Waals surface area contributed by atoms with Gasteiger partial charge in [0.15, 0.2) is 5.82 Å². The number of nitrogens with zero attached hydrogens (tertiary/aromatic N) is 5. The highest BCUT2D eigenvalue weighted by molar-refractivity contribution is 6.02. The van der Waals surface area contributed by atoms with E-state index in [0.29, 0.717) is 65.7 Å². The summed E-state index contributed by atoms with van der Waals surface area (Å²) >= 11 is 0. The molecule has 2 atom stereocenters. The molecule has 2 aromatic heterocycles. The summed E-state index contributed by atoms with van der Waals surface area (Å²) in [5.74, 6) is -0.884. The number of aromatic hydroxyl groups is 1. The van der Waals surface area contributed by atoms with Gasteiger partial charge < -0.3 is 19.8 Å². The van der Waals surface area contributed by atoms with Crippen molar-refractivity contribution in [2.24, 2.45) is 0 Å². The fourth-order valence-corrected chi connectivity index (χ4v) is 7.09. The molecule has 0 aliphatic carbocycles. The van der Waals surface area contributed by atoms with Gasteiger partial charge in [0.05, 0.1) is 22.7 Å². The predicted octanol–water partition coefficient (Wildman–Crippen LogP) is 4.84. The third-order valence-corrected chi connectivity index (χ3v) is 9.08. The first-order valence-corrected chi connectivity index (χ1v) is 14.4. The SMILES string of the molecule is CCc1c(F)ccc2cc(O)cc(-c3nc(C)c4c(N5CC(O)C5)nc(OC[C@@]56CCCN5C[C@H](F)C6)nc4c3F)c12. The summed E-state index contributed by atoms with van der Waals surface area (Å²) in [6.45, 7) is 5.51. The summed E-state index contributed by atoms with van der Waals surface area (Å²) < 4.78 is 52.0. The maximum atomic E-state index is 16.6. The molecule has 0 amide bonds. The number of hydrogen-bond donors (Lipinski definition) is 2. The Morgan fingerprint density at radius 3 is 2.67 bits per heavy atom. The van der Waals surface area contributed by atoms with Crippen LogP contribution < -0.4 is 9.64 Å². The Balaban J connectivity index is 1.39. The lowest BCUT2D eigenvalue weighted by molar-refractivity contribution is 0.107. The molecule has 3 saturated heterocycles. The highest BCUT2D eigenvalue weighted by Gasteiger charge is 2.49. The minimum atomic E-state index is -0.923. The molecule has 42 heavy (non-hydrogen) atoms. The van der Waals surface area contributed by atoms with Crippen LogP contribution in [0.4, 0.5) is 19.0 Å². The zero-order chi connectivity index (χ0) is 29.3. The number of ether oxygens (including phenoxy) is 1. The second kappa shape index (κ2) is 9.95. The smallest absolute Gasteiger partial charge is 0.319 e. The number of phenolic OH excluding ortho intramolecular Hbond substituents is 1. The highest BCUT2D eigenvalue weighted by Crippen LogP contribution is 2.42. The Kier molecular flexibility index (Phi) is 6.43. The van der Waals surface area contributed by atoms with Gasteiger partial charge in [-0.2, -0.15) is 9.97 Å². The van der Waals surface area contributed by atoms with Crippen molar-refractivity contribution in [2.75, 3.05) is 37.7 Å². The van der Waals surface area contributed by atoms with E-state index < -0.39 is 29.4 Å². The van der Waals surface area contributed by atoms with Crippen molar-refractivity contribution in [2.45, 2.75) is 57.3 Å². The number of anilines is 1. The molecule has 4 aromatic rings. The molecular weight excluding hydrogens is 547 g/mol. The number of benzene rings is 2. The van der Waals surface area contributed by atoms with Crippen molar-refractivity contribution in [1.82, 2.24) is 19.9 Å². The molecule has 5 heterocycles. The molecule has 3 aliphatic heterocycles. The summed E-state index contributed by atoms with van der Waals surface area (Å²) in [5.41, 5.74) is 0.547. The van der Waals surface area contributed by atoms with Crippen molar-refractivity contribution in [3.8, 4) is 23.0 Å². The number of aromatic nitrogens is 3. The molecule has 3 fully saturated rings. The number of alkyl halides is 1. The van der Waals surface area contributed by atoms with Crippen LogP contribution in [0.1, 0.15) is 37.4 Å². The lowest BCUT2D eigenvalue weighted by Crippen LogP contribution is -2.51. The average molecular weight is 580 g/mol. The van der Waals surface area contributed by atoms with E-state index in [-0.39, 0.29) is 35.1 Å². The van der Waals surface area contributed by atoms with Crippen LogP contribution >= 0.6 is 0 Å². The largest absolute Gasteiger partial charge is 0.508 e. The lowest BCUT2D eigenvalue weighted by atomic mass is 9.94. The van der Waals surface area contributed by atoms with Gasteiger partial charge in [-0.3, -0.25) is 4.90 Å². The standard InChI is InChI=1S/C31H32F3N5O3/c1-3-21-23(33)6-5-17-9-19(40)10-22(25(17)21)27-26(34)28-24(16(2)35-27)29(38-13-20(41)14-38)37-30(36-28)42-15-31-7-4-8-39(31)12-18(32)11-31/h5-6,9-10,18,20,40-41H,3-4,7-8,11-15H2,1-2H3/t18-,31+/m1/s1. The Morgan fingerprint density at radius 2 is 1.90 bits per heavy atom. The summed E-state index contributed by atoms with van der Waals surface area (Å²) in [7, 11) is 0. The van der Waals surface area contributed by atoms with Gasteiger partial charge in [0.2, 0.25) is 0 Å². The third-order valence-electron chi connectivity index (χ3n) is 9.08. The van der Waals surface area contributed by atoms with Crippen LogP contribution in [0.25, 0.3) is 32.9 Å². The van der Waals surface area contributed by atoms with Crippen LogP contribution in [-0.2, 0) is 6.42 Å². The van der Waals surface area contributed by atoms with Gasteiger partial charge in [-0.05, 0) is 67.3 Å². The van der Waals surface area contributed by atoms with Crippen LogP contribution in [0.15, 0.2) is 24.3 Å². The summed E-state index contributed by atoms with van der Waals surface area (Å²) in [5, 5.41) is 21.9. The highest BCUT2D eigenvalue weighted by atomic mass is 19.1. The molecule has 0 saturated carbocycles. The normalized spacial score (nSPS) is 22.7. The van der Waals surface area contributed by atoms with Gasteiger partial charge in [0, 0.05) is 31.6 Å². The van der Waals surface area contributed by atoms with Gasteiger partial charge >= 0.3 is 6.01 Å². The van der Waals surface area contributed by atoms with E-state index in [9.17, 15) is 19.0 Å². The van der Waals surface area contributed by atoms with E-state index in [2.05, 4.69) is 19.9 Å². The van der Waals surface area contributed by atoms with Crippen molar-refractivity contribution >= 4 is 27.5 Å².